The third-order valence-electron chi connectivity index (χ3n) is 10.7. The molecule has 1 aromatic heterocycles. The monoisotopic (exact) mass is 632 g/mol. The molecule has 4 fully saturated rings. The number of nitrogens with two attached hydrogens (primary N) is 1. The molecule has 0 radical (unpaired) electrons. The van der Waals surface area contributed by atoms with Crippen LogP contribution in [0, 0.1) is 17.8 Å². The van der Waals surface area contributed by atoms with E-state index in [1.165, 1.54) is 19.3 Å². The third-order valence-corrected chi connectivity index (χ3v) is 10.7. The molecule has 4 aliphatic rings. The molecule has 4 aromatic rings. The van der Waals surface area contributed by atoms with Gasteiger partial charge in [-0.2, -0.15) is 0 Å². The van der Waals surface area contributed by atoms with Crippen molar-refractivity contribution in [2.75, 3.05) is 4.90 Å². The maximum absolute atomic E-state index is 13.3. The van der Waals surface area contributed by atoms with Gasteiger partial charge in [0.15, 0.2) is 0 Å². The van der Waals surface area contributed by atoms with Gasteiger partial charge in [-0.1, -0.05) is 55.8 Å². The lowest BCUT2D eigenvalue weighted by atomic mass is 9.52. The predicted molar refractivity (Wildman–Crippen MR) is 187 cm³/mol. The number of unbranched alkanes of at least 4 members (excludes halogenated alkanes) is 1. The van der Waals surface area contributed by atoms with E-state index >= 15 is 0 Å². The van der Waals surface area contributed by atoms with E-state index in [1.807, 2.05) is 49.9 Å². The second-order valence-electron chi connectivity index (χ2n) is 15.5. The molecule has 47 heavy (non-hydrogen) atoms. The Labute approximate surface area is 278 Å². The molecule has 4 bridgehead atoms. The normalized spacial score (nSPS) is 23.3. The molecule has 7 nitrogen and oxygen atoms in total. The van der Waals surface area contributed by atoms with Gasteiger partial charge in [0.2, 0.25) is 0 Å². The van der Waals surface area contributed by atoms with E-state index in [0.717, 1.165) is 77.8 Å². The average Bonchev–Trinajstić information content (AvgIpc) is 3.35. The van der Waals surface area contributed by atoms with Gasteiger partial charge in [0, 0.05) is 18.7 Å². The first-order valence-corrected chi connectivity index (χ1v) is 17.5. The van der Waals surface area contributed by atoms with E-state index in [2.05, 4.69) is 54.0 Å². The molecule has 4 aliphatic carbocycles. The molecule has 1 heterocycles. The minimum Gasteiger partial charge on any atom is -0.456 e. The lowest BCUT2D eigenvalue weighted by Crippen LogP contribution is -2.63. The zero-order valence-electron chi connectivity index (χ0n) is 28.3. The number of aromatic nitrogens is 2. The van der Waals surface area contributed by atoms with Gasteiger partial charge in [0.25, 0.3) is 0 Å². The number of benzene rings is 3. The van der Waals surface area contributed by atoms with Gasteiger partial charge >= 0.3 is 12.0 Å². The first-order valence-electron chi connectivity index (χ1n) is 17.5. The number of urea groups is 1. The first-order chi connectivity index (χ1) is 22.5. The number of amides is 2. The highest BCUT2D eigenvalue weighted by molar-refractivity contribution is 5.97. The smallest absolute Gasteiger partial charge is 0.339 e. The van der Waals surface area contributed by atoms with Crippen molar-refractivity contribution >= 4 is 28.7 Å². The molecular formula is C40H48N4O3. The van der Waals surface area contributed by atoms with Crippen LogP contribution in [-0.2, 0) is 17.7 Å². The minimum absolute atomic E-state index is 0.171. The Bertz CT molecular complexity index is 1760. The fourth-order valence-corrected chi connectivity index (χ4v) is 9.19. The number of hydrogen-bond donors (Lipinski definition) is 1. The second-order valence-corrected chi connectivity index (χ2v) is 15.5. The van der Waals surface area contributed by atoms with Crippen LogP contribution in [0.4, 0.5) is 10.5 Å². The van der Waals surface area contributed by atoms with Crippen LogP contribution in [0.15, 0.2) is 66.7 Å². The summed E-state index contributed by atoms with van der Waals surface area (Å²) >= 11 is 0. The number of rotatable bonds is 9. The first kappa shape index (κ1) is 31.5. The van der Waals surface area contributed by atoms with E-state index in [-0.39, 0.29) is 17.5 Å². The van der Waals surface area contributed by atoms with Gasteiger partial charge < -0.3 is 15.0 Å². The number of carbonyl (C=O) groups is 2. The average molecular weight is 633 g/mol. The number of carbonyl (C=O) groups excluding carboxylic acids is 2. The lowest BCUT2D eigenvalue weighted by Gasteiger charge is -2.60. The van der Waals surface area contributed by atoms with Crippen LogP contribution in [0.3, 0.4) is 0 Å². The van der Waals surface area contributed by atoms with Crippen LogP contribution in [0.5, 0.6) is 0 Å². The van der Waals surface area contributed by atoms with Crippen LogP contribution in [0.2, 0.25) is 0 Å². The molecule has 2 amide bonds. The van der Waals surface area contributed by atoms with Crippen molar-refractivity contribution in [3.8, 4) is 11.1 Å². The van der Waals surface area contributed by atoms with Crippen molar-refractivity contribution < 1.29 is 14.3 Å². The molecule has 4 saturated carbocycles. The summed E-state index contributed by atoms with van der Waals surface area (Å²) in [5, 5.41) is 0. The highest BCUT2D eigenvalue weighted by Gasteiger charge is 2.55. The van der Waals surface area contributed by atoms with E-state index in [4.69, 9.17) is 15.5 Å². The zero-order valence-corrected chi connectivity index (χ0v) is 28.3. The highest BCUT2D eigenvalue weighted by atomic mass is 16.6. The molecule has 0 saturated heterocycles. The second kappa shape index (κ2) is 12.1. The number of primary amides is 1. The number of ether oxygens (including phenoxy) is 1. The van der Waals surface area contributed by atoms with Crippen LogP contribution < -0.4 is 10.6 Å². The largest absolute Gasteiger partial charge is 0.456 e. The van der Waals surface area contributed by atoms with Crippen molar-refractivity contribution in [2.24, 2.45) is 23.5 Å². The number of aryl methyl sites for hydroxylation is 1. The Morgan fingerprint density at radius 1 is 0.957 bits per heavy atom. The van der Waals surface area contributed by atoms with Gasteiger partial charge in [0.05, 0.1) is 22.1 Å². The summed E-state index contributed by atoms with van der Waals surface area (Å²) < 4.78 is 8.01. The van der Waals surface area contributed by atoms with E-state index in [9.17, 15) is 9.59 Å². The van der Waals surface area contributed by atoms with E-state index in [1.54, 1.807) is 0 Å². The molecule has 0 unspecified atom stereocenters. The molecule has 7 heteroatoms. The van der Waals surface area contributed by atoms with Crippen LogP contribution >= 0.6 is 0 Å². The fourth-order valence-electron chi connectivity index (χ4n) is 9.19. The maximum Gasteiger partial charge on any atom is 0.339 e. The van der Waals surface area contributed by atoms with Gasteiger partial charge in [0.1, 0.15) is 11.4 Å². The summed E-state index contributed by atoms with van der Waals surface area (Å²) in [5.41, 5.74) is 11.9. The maximum atomic E-state index is 13.3. The number of anilines is 1. The fraction of sp³-hybridized carbons (Fsp3) is 0.475. The van der Waals surface area contributed by atoms with E-state index < -0.39 is 5.60 Å². The summed E-state index contributed by atoms with van der Waals surface area (Å²) in [6.45, 7) is 8.51. The van der Waals surface area contributed by atoms with E-state index in [0.29, 0.717) is 29.9 Å². The summed E-state index contributed by atoms with van der Waals surface area (Å²) in [7, 11) is 0. The molecular weight excluding hydrogens is 584 g/mol. The molecule has 2 N–H and O–H groups in total. The van der Waals surface area contributed by atoms with Crippen molar-refractivity contribution in [2.45, 2.75) is 103 Å². The minimum atomic E-state index is -0.569. The zero-order chi connectivity index (χ0) is 32.9. The van der Waals surface area contributed by atoms with Crippen molar-refractivity contribution in [1.29, 1.82) is 0 Å². The molecule has 0 aliphatic heterocycles. The van der Waals surface area contributed by atoms with Crippen molar-refractivity contribution in [1.82, 2.24) is 9.55 Å². The van der Waals surface area contributed by atoms with Crippen LogP contribution in [-0.4, -0.2) is 32.7 Å². The Kier molecular flexibility index (Phi) is 8.13. The standard InChI is InChI=1S/C40H48N4O3/c1-5-6-11-36-42-34-17-16-31(44(38(41)46)40-22-27-18-28(23-40)20-29(19-27)24-40)21-35(34)43(36)25-26-12-14-30(15-13-26)32-9-7-8-10-33(32)37(45)47-39(2,3)4/h7-10,12-17,21,27-29H,5-6,11,18-20,22-25H2,1-4H3,(H2,41,46). The van der Waals surface area contributed by atoms with Gasteiger partial charge in [-0.3, -0.25) is 4.90 Å². The number of fused-ring (bicyclic) bond motifs is 1. The van der Waals surface area contributed by atoms with Crippen molar-refractivity contribution in [3.05, 3.63) is 83.7 Å². The van der Waals surface area contributed by atoms with Gasteiger partial charge in [-0.25, -0.2) is 14.6 Å². The Morgan fingerprint density at radius 3 is 2.23 bits per heavy atom. The summed E-state index contributed by atoms with van der Waals surface area (Å²) in [5.74, 6) is 2.85. The number of hydrogen-bond acceptors (Lipinski definition) is 4. The van der Waals surface area contributed by atoms with Crippen LogP contribution in [0.25, 0.3) is 22.2 Å². The predicted octanol–water partition coefficient (Wildman–Crippen LogP) is 8.90. The topological polar surface area (TPSA) is 90.5 Å². The third kappa shape index (κ3) is 6.17. The highest BCUT2D eigenvalue weighted by Crippen LogP contribution is 2.58. The SMILES string of the molecule is CCCCc1nc2ccc(N(C(N)=O)C34CC5CC(CC(C5)C3)C4)cc2n1Cc1ccc(-c2ccccc2C(=O)OC(C)(C)C)cc1. The van der Waals surface area contributed by atoms with Gasteiger partial charge in [-0.05, 0) is 124 Å². The Morgan fingerprint density at radius 2 is 1.62 bits per heavy atom. The molecule has 3 aromatic carbocycles. The Balaban J connectivity index is 1.22. The lowest BCUT2D eigenvalue weighted by molar-refractivity contribution is -0.000233. The molecule has 0 spiro atoms. The van der Waals surface area contributed by atoms with Crippen molar-refractivity contribution in [3.63, 3.8) is 0 Å². The summed E-state index contributed by atoms with van der Waals surface area (Å²) in [4.78, 5) is 33.3. The molecule has 246 valence electrons. The molecule has 8 rings (SSSR count). The Hall–Kier alpha value is -4.13. The number of imidazole rings is 1. The van der Waals surface area contributed by atoms with Gasteiger partial charge in [-0.15, -0.1) is 0 Å². The summed E-state index contributed by atoms with van der Waals surface area (Å²) in [6.07, 6.45) is 10.1. The van der Waals surface area contributed by atoms with Crippen LogP contribution in [0.1, 0.15) is 101 Å². The summed E-state index contributed by atoms with van der Waals surface area (Å²) in [6, 6.07) is 22.0. The molecule has 0 atom stereocenters. The number of esters is 1. The quantitative estimate of drug-likeness (QED) is 0.187. The number of nitrogens with zero attached hydrogens (tertiary/aromatic N) is 3.